The quantitative estimate of drug-likeness (QED) is 0.363. The van der Waals surface area contributed by atoms with E-state index in [4.69, 9.17) is 4.42 Å². The van der Waals surface area contributed by atoms with E-state index in [1.54, 1.807) is 0 Å². The summed E-state index contributed by atoms with van der Waals surface area (Å²) in [6.07, 6.45) is 0. The van der Waals surface area contributed by atoms with Crippen LogP contribution < -0.4 is 0 Å². The van der Waals surface area contributed by atoms with Crippen LogP contribution in [0.5, 0.6) is 0 Å². The monoisotopic (exact) mass is 216 g/mol. The van der Waals surface area contributed by atoms with Crippen molar-refractivity contribution in [2.75, 3.05) is 0 Å². The van der Waals surface area contributed by atoms with Gasteiger partial charge in [0.1, 0.15) is 0 Å². The van der Waals surface area contributed by atoms with Gasteiger partial charge in [0.25, 0.3) is 0 Å². The van der Waals surface area contributed by atoms with Crippen molar-refractivity contribution in [2.24, 2.45) is 0 Å². The lowest BCUT2D eigenvalue weighted by molar-refractivity contribution is 0.759. The van der Waals surface area contributed by atoms with Gasteiger partial charge in [-0.2, -0.15) is 0 Å². The number of hydrogen-bond acceptors (Lipinski definition) is 1. The van der Waals surface area contributed by atoms with Crippen LogP contribution in [0.1, 0.15) is 0 Å². The predicted molar refractivity (Wildman–Crippen MR) is 71.1 cm³/mol. The first-order valence-corrected chi connectivity index (χ1v) is 5.80. The molecule has 0 bridgehead atoms. The lowest BCUT2D eigenvalue weighted by Gasteiger charge is -1.94. The summed E-state index contributed by atoms with van der Waals surface area (Å²) in [4.78, 5) is 0. The van der Waals surface area contributed by atoms with E-state index in [1.165, 1.54) is 32.3 Å². The van der Waals surface area contributed by atoms with Crippen LogP contribution in [0.15, 0.2) is 52.9 Å². The summed E-state index contributed by atoms with van der Waals surface area (Å²) in [6, 6.07) is 17.4. The summed E-state index contributed by atoms with van der Waals surface area (Å²) in [5.41, 5.74) is 2.10. The Morgan fingerprint density at radius 1 is 0.647 bits per heavy atom. The van der Waals surface area contributed by atoms with Crippen LogP contribution in [-0.2, 0) is 0 Å². The zero-order chi connectivity index (χ0) is 11.0. The minimum Gasteiger partial charge on any atom is -0.449 e. The molecule has 0 fully saturated rings. The highest BCUT2D eigenvalue weighted by atomic mass is 16.4. The van der Waals surface area contributed by atoms with Crippen molar-refractivity contribution in [1.29, 1.82) is 0 Å². The van der Waals surface area contributed by atoms with Crippen LogP contribution in [-0.4, -0.2) is 0 Å². The number of rotatable bonds is 0. The standard InChI is InChI=1S/C16H8O/c1-2-9-4-5-11-12-6-7-15-16(17-15)14(12)8-13(11)10(9)3-1/h1-8H. The molecule has 1 aromatic heterocycles. The normalized spacial score (nSPS) is 12.7. The van der Waals surface area contributed by atoms with Gasteiger partial charge in [0, 0.05) is 5.39 Å². The van der Waals surface area contributed by atoms with Gasteiger partial charge in [-0.05, 0) is 45.1 Å². The second kappa shape index (κ2) is 2.35. The lowest BCUT2D eigenvalue weighted by atomic mass is 10.1. The van der Waals surface area contributed by atoms with Gasteiger partial charge in [-0.3, -0.25) is 0 Å². The number of hydrogen-bond donors (Lipinski definition) is 0. The largest absolute Gasteiger partial charge is 0.449 e. The van der Waals surface area contributed by atoms with E-state index < -0.39 is 0 Å². The molecule has 0 saturated heterocycles. The molecule has 0 saturated carbocycles. The molecule has 0 unspecified atom stereocenters. The molecule has 1 heteroatoms. The molecule has 0 radical (unpaired) electrons. The summed E-state index contributed by atoms with van der Waals surface area (Å²) in [6.45, 7) is 0. The van der Waals surface area contributed by atoms with E-state index >= 15 is 0 Å². The van der Waals surface area contributed by atoms with Gasteiger partial charge in [0.15, 0.2) is 11.2 Å². The Morgan fingerprint density at radius 3 is 2.53 bits per heavy atom. The first kappa shape index (κ1) is 7.91. The van der Waals surface area contributed by atoms with Crippen molar-refractivity contribution < 1.29 is 4.42 Å². The molecule has 5 aromatic rings. The molecule has 0 spiro atoms. The Kier molecular flexibility index (Phi) is 1.09. The highest BCUT2D eigenvalue weighted by Gasteiger charge is 2.15. The summed E-state index contributed by atoms with van der Waals surface area (Å²) < 4.78 is 5.47. The Bertz CT molecular complexity index is 974. The van der Waals surface area contributed by atoms with E-state index in [0.717, 1.165) is 11.2 Å². The fraction of sp³-hybridized carbons (Fsp3) is 0. The van der Waals surface area contributed by atoms with Crippen LogP contribution in [0.3, 0.4) is 0 Å². The molecular weight excluding hydrogens is 208 g/mol. The van der Waals surface area contributed by atoms with Crippen molar-refractivity contribution in [3.63, 3.8) is 0 Å². The average molecular weight is 216 g/mol. The fourth-order valence-corrected chi connectivity index (χ4v) is 2.90. The summed E-state index contributed by atoms with van der Waals surface area (Å²) in [5, 5.41) is 7.89. The topological polar surface area (TPSA) is 13.1 Å². The molecule has 0 N–H and O–H groups in total. The van der Waals surface area contributed by atoms with Crippen LogP contribution in [0.25, 0.3) is 43.5 Å². The third kappa shape index (κ3) is 0.828. The fourth-order valence-electron chi connectivity index (χ4n) is 2.90. The van der Waals surface area contributed by atoms with Crippen molar-refractivity contribution in [1.82, 2.24) is 0 Å². The zero-order valence-corrected chi connectivity index (χ0v) is 9.03. The van der Waals surface area contributed by atoms with Crippen LogP contribution in [0.4, 0.5) is 0 Å². The Labute approximate surface area is 96.9 Å². The van der Waals surface area contributed by atoms with Crippen molar-refractivity contribution >= 4 is 43.5 Å². The second-order valence-corrected chi connectivity index (χ2v) is 4.66. The second-order valence-electron chi connectivity index (χ2n) is 4.66. The SMILES string of the molecule is c1cc2ccc3c(cc4c3ccc3oc34)c2c1. The number of fused-ring (bicyclic) bond motifs is 7. The minimum absolute atomic E-state index is 1.03. The smallest absolute Gasteiger partial charge is 0.177 e. The lowest BCUT2D eigenvalue weighted by Crippen LogP contribution is -1.66. The van der Waals surface area contributed by atoms with Gasteiger partial charge >= 0.3 is 0 Å². The van der Waals surface area contributed by atoms with Gasteiger partial charge in [-0.25, -0.2) is 0 Å². The molecular formula is C16H8O. The molecule has 5 rings (SSSR count). The molecule has 78 valence electrons. The van der Waals surface area contributed by atoms with E-state index in [9.17, 15) is 0 Å². The molecule has 17 heavy (non-hydrogen) atoms. The van der Waals surface area contributed by atoms with Gasteiger partial charge in [-0.1, -0.05) is 30.3 Å². The first-order valence-electron chi connectivity index (χ1n) is 5.80. The molecule has 0 aliphatic carbocycles. The van der Waals surface area contributed by atoms with E-state index in [1.807, 2.05) is 0 Å². The maximum Gasteiger partial charge on any atom is 0.177 e. The molecule has 0 aliphatic heterocycles. The van der Waals surface area contributed by atoms with Crippen molar-refractivity contribution in [3.8, 4) is 0 Å². The molecule has 1 heterocycles. The molecule has 0 amide bonds. The maximum atomic E-state index is 5.47. The number of benzene rings is 2. The summed E-state index contributed by atoms with van der Waals surface area (Å²) in [7, 11) is 0. The van der Waals surface area contributed by atoms with E-state index in [-0.39, 0.29) is 0 Å². The molecule has 0 atom stereocenters. The molecule has 1 nitrogen and oxygen atoms in total. The first-order chi connectivity index (χ1) is 8.42. The van der Waals surface area contributed by atoms with Crippen molar-refractivity contribution in [3.05, 3.63) is 48.5 Å². The third-order valence-electron chi connectivity index (χ3n) is 3.77. The molecule has 0 aliphatic rings. The van der Waals surface area contributed by atoms with Gasteiger partial charge < -0.3 is 4.42 Å². The van der Waals surface area contributed by atoms with Crippen LogP contribution >= 0.6 is 0 Å². The minimum atomic E-state index is 1.03. The zero-order valence-electron chi connectivity index (χ0n) is 9.03. The van der Waals surface area contributed by atoms with Crippen LogP contribution in [0, 0.1) is 0 Å². The van der Waals surface area contributed by atoms with Gasteiger partial charge in [0.05, 0.1) is 0 Å². The predicted octanol–water partition coefficient (Wildman–Crippen LogP) is 4.77. The van der Waals surface area contributed by atoms with E-state index in [0.29, 0.717) is 0 Å². The van der Waals surface area contributed by atoms with E-state index in [2.05, 4.69) is 48.5 Å². The Balaban J connectivity index is 2.18. The third-order valence-corrected chi connectivity index (χ3v) is 3.77. The van der Waals surface area contributed by atoms with Gasteiger partial charge in [0.2, 0.25) is 0 Å². The summed E-state index contributed by atoms with van der Waals surface area (Å²) in [5.74, 6) is 0. The van der Waals surface area contributed by atoms with Crippen molar-refractivity contribution in [2.45, 2.75) is 0 Å². The Morgan fingerprint density at radius 2 is 1.53 bits per heavy atom. The highest BCUT2D eigenvalue weighted by Crippen LogP contribution is 2.40. The average Bonchev–Trinajstić information content (AvgIpc) is 2.84. The van der Waals surface area contributed by atoms with Crippen LogP contribution in [0.2, 0.25) is 0 Å². The molecule has 4 aromatic carbocycles. The Hall–Kier alpha value is -2.28. The van der Waals surface area contributed by atoms with Gasteiger partial charge in [-0.15, -0.1) is 0 Å². The maximum absolute atomic E-state index is 5.47. The highest BCUT2D eigenvalue weighted by molar-refractivity contribution is 6.25. The summed E-state index contributed by atoms with van der Waals surface area (Å²) >= 11 is 0.